The number of tetrazole rings is 1. The Bertz CT molecular complexity index is 628. The Balaban J connectivity index is 1.71. The Morgan fingerprint density at radius 1 is 1.39 bits per heavy atom. The van der Waals surface area contributed by atoms with Crippen molar-refractivity contribution >= 4 is 11.5 Å². The first-order valence-electron chi connectivity index (χ1n) is 5.61. The van der Waals surface area contributed by atoms with Crippen LogP contribution in [0.4, 0.5) is 5.82 Å². The molecule has 1 atom stereocenters. The molecule has 92 valence electrons. The first-order valence-corrected chi connectivity index (χ1v) is 5.61. The molecule has 3 aromatic heterocycles. The summed E-state index contributed by atoms with van der Waals surface area (Å²) in [6.07, 6.45) is 3.69. The van der Waals surface area contributed by atoms with Crippen LogP contribution in [0.15, 0.2) is 30.6 Å². The van der Waals surface area contributed by atoms with Crippen LogP contribution in [0.25, 0.3) is 5.65 Å². The Morgan fingerprint density at radius 3 is 3.17 bits per heavy atom. The maximum Gasteiger partial charge on any atom is 0.200 e. The maximum absolute atomic E-state index is 4.24. The van der Waals surface area contributed by atoms with E-state index in [1.54, 1.807) is 6.20 Å². The SMILES string of the molecule is CC(Cn1cccn1)Nc1ccc2nnnn2n1. The van der Waals surface area contributed by atoms with E-state index in [-0.39, 0.29) is 6.04 Å². The number of nitrogens with one attached hydrogen (secondary N) is 1. The highest BCUT2D eigenvalue weighted by Crippen LogP contribution is 2.05. The van der Waals surface area contributed by atoms with Crippen LogP contribution in [0.1, 0.15) is 6.92 Å². The summed E-state index contributed by atoms with van der Waals surface area (Å²) in [5, 5.41) is 22.8. The third-order valence-electron chi connectivity index (χ3n) is 2.48. The minimum absolute atomic E-state index is 0.200. The first-order chi connectivity index (χ1) is 8.81. The lowest BCUT2D eigenvalue weighted by atomic mass is 10.3. The summed E-state index contributed by atoms with van der Waals surface area (Å²) in [5.74, 6) is 0.731. The van der Waals surface area contributed by atoms with E-state index in [0.29, 0.717) is 5.65 Å². The average molecular weight is 244 g/mol. The van der Waals surface area contributed by atoms with Gasteiger partial charge in [-0.15, -0.1) is 14.8 Å². The summed E-state index contributed by atoms with van der Waals surface area (Å²) in [5.41, 5.74) is 0.625. The topological polar surface area (TPSA) is 85.8 Å². The molecule has 8 heteroatoms. The van der Waals surface area contributed by atoms with Gasteiger partial charge in [-0.2, -0.15) is 5.10 Å². The van der Waals surface area contributed by atoms with Crippen LogP contribution in [-0.4, -0.2) is 41.1 Å². The van der Waals surface area contributed by atoms with Crippen molar-refractivity contribution in [3.8, 4) is 0 Å². The third-order valence-corrected chi connectivity index (χ3v) is 2.48. The van der Waals surface area contributed by atoms with Gasteiger partial charge in [0.1, 0.15) is 5.82 Å². The van der Waals surface area contributed by atoms with Crippen LogP contribution in [0, 0.1) is 0 Å². The fourth-order valence-electron chi connectivity index (χ4n) is 1.71. The van der Waals surface area contributed by atoms with Crippen LogP contribution in [-0.2, 0) is 6.54 Å². The molecule has 3 aromatic rings. The molecule has 8 nitrogen and oxygen atoms in total. The minimum atomic E-state index is 0.200. The fraction of sp³-hybridized carbons (Fsp3) is 0.300. The maximum atomic E-state index is 4.24. The van der Waals surface area contributed by atoms with Gasteiger partial charge < -0.3 is 5.32 Å². The molecule has 3 rings (SSSR count). The molecule has 0 fully saturated rings. The number of anilines is 1. The molecule has 3 heterocycles. The first kappa shape index (κ1) is 10.6. The van der Waals surface area contributed by atoms with Crippen LogP contribution >= 0.6 is 0 Å². The van der Waals surface area contributed by atoms with Gasteiger partial charge in [0.05, 0.1) is 6.54 Å². The predicted molar refractivity (Wildman–Crippen MR) is 63.9 cm³/mol. The van der Waals surface area contributed by atoms with Crippen molar-refractivity contribution in [3.05, 3.63) is 30.6 Å². The number of fused-ring (bicyclic) bond motifs is 1. The van der Waals surface area contributed by atoms with Gasteiger partial charge in [-0.25, -0.2) is 0 Å². The van der Waals surface area contributed by atoms with E-state index in [1.807, 2.05) is 29.1 Å². The van der Waals surface area contributed by atoms with Crippen molar-refractivity contribution < 1.29 is 0 Å². The van der Waals surface area contributed by atoms with Crippen molar-refractivity contribution in [2.45, 2.75) is 19.5 Å². The monoisotopic (exact) mass is 244 g/mol. The lowest BCUT2D eigenvalue weighted by Gasteiger charge is -2.13. The van der Waals surface area contributed by atoms with E-state index in [2.05, 4.69) is 38.0 Å². The van der Waals surface area contributed by atoms with Crippen molar-refractivity contribution in [2.75, 3.05) is 5.32 Å². The van der Waals surface area contributed by atoms with Gasteiger partial charge in [-0.1, -0.05) is 0 Å². The second kappa shape index (κ2) is 4.40. The number of hydrogen-bond acceptors (Lipinski definition) is 6. The summed E-state index contributed by atoms with van der Waals surface area (Å²) in [7, 11) is 0. The van der Waals surface area contributed by atoms with Gasteiger partial charge in [0.15, 0.2) is 5.65 Å². The minimum Gasteiger partial charge on any atom is -0.364 e. The zero-order valence-electron chi connectivity index (χ0n) is 9.80. The Kier molecular flexibility index (Phi) is 2.60. The van der Waals surface area contributed by atoms with E-state index >= 15 is 0 Å². The van der Waals surface area contributed by atoms with E-state index in [1.165, 1.54) is 4.63 Å². The molecule has 0 aliphatic carbocycles. The summed E-state index contributed by atoms with van der Waals surface area (Å²) in [6.45, 7) is 2.83. The van der Waals surface area contributed by atoms with E-state index in [0.717, 1.165) is 12.4 Å². The highest BCUT2D eigenvalue weighted by atomic mass is 15.6. The van der Waals surface area contributed by atoms with Crippen LogP contribution in [0.2, 0.25) is 0 Å². The van der Waals surface area contributed by atoms with Gasteiger partial charge in [0.25, 0.3) is 0 Å². The lowest BCUT2D eigenvalue weighted by Crippen LogP contribution is -2.23. The predicted octanol–water partition coefficient (Wildman–Crippen LogP) is 0.216. The number of hydrogen-bond donors (Lipinski definition) is 1. The molecule has 1 unspecified atom stereocenters. The number of rotatable bonds is 4. The Morgan fingerprint density at radius 2 is 2.33 bits per heavy atom. The number of aromatic nitrogens is 7. The molecule has 0 aliphatic heterocycles. The fourth-order valence-corrected chi connectivity index (χ4v) is 1.71. The van der Waals surface area contributed by atoms with E-state index in [9.17, 15) is 0 Å². The van der Waals surface area contributed by atoms with Crippen LogP contribution in [0.3, 0.4) is 0 Å². The van der Waals surface area contributed by atoms with E-state index in [4.69, 9.17) is 0 Å². The highest BCUT2D eigenvalue weighted by molar-refractivity contribution is 5.42. The standard InChI is InChI=1S/C10H12N8/c1-8(7-17-6-2-5-11-17)12-9-3-4-10-13-15-16-18(10)14-9/h2-6,8H,7H2,1H3,(H,12,14). The second-order valence-electron chi connectivity index (χ2n) is 4.02. The van der Waals surface area contributed by atoms with Crippen LogP contribution < -0.4 is 5.32 Å². The zero-order chi connectivity index (χ0) is 12.4. The van der Waals surface area contributed by atoms with Gasteiger partial charge >= 0.3 is 0 Å². The molecule has 0 spiro atoms. The summed E-state index contributed by atoms with van der Waals surface area (Å²) in [4.78, 5) is 0. The molecule has 0 saturated carbocycles. The molecule has 0 aromatic carbocycles. The van der Waals surface area contributed by atoms with E-state index < -0.39 is 0 Å². The van der Waals surface area contributed by atoms with Crippen molar-refractivity contribution in [3.63, 3.8) is 0 Å². The Hall–Kier alpha value is -2.51. The molecule has 0 aliphatic rings. The highest BCUT2D eigenvalue weighted by Gasteiger charge is 2.06. The zero-order valence-corrected chi connectivity index (χ0v) is 9.80. The molecular formula is C10H12N8. The molecule has 0 amide bonds. The van der Waals surface area contributed by atoms with Gasteiger partial charge in [-0.05, 0) is 35.5 Å². The van der Waals surface area contributed by atoms with Gasteiger partial charge in [0, 0.05) is 18.4 Å². The molecule has 0 saturated heterocycles. The summed E-state index contributed by atoms with van der Waals surface area (Å²) >= 11 is 0. The quantitative estimate of drug-likeness (QED) is 0.706. The van der Waals surface area contributed by atoms with Crippen molar-refractivity contribution in [2.24, 2.45) is 0 Å². The molecule has 0 radical (unpaired) electrons. The smallest absolute Gasteiger partial charge is 0.200 e. The summed E-state index contributed by atoms with van der Waals surface area (Å²) in [6, 6.07) is 5.77. The molecule has 18 heavy (non-hydrogen) atoms. The third kappa shape index (κ3) is 2.12. The molecule has 0 bridgehead atoms. The molecule has 1 N–H and O–H groups in total. The summed E-state index contributed by atoms with van der Waals surface area (Å²) < 4.78 is 3.26. The van der Waals surface area contributed by atoms with Gasteiger partial charge in [-0.3, -0.25) is 4.68 Å². The molecular weight excluding hydrogens is 232 g/mol. The Labute approximate surface area is 103 Å². The average Bonchev–Trinajstić information content (AvgIpc) is 2.98. The van der Waals surface area contributed by atoms with Crippen molar-refractivity contribution in [1.82, 2.24) is 35.0 Å². The normalized spacial score (nSPS) is 12.7. The second-order valence-corrected chi connectivity index (χ2v) is 4.02. The lowest BCUT2D eigenvalue weighted by molar-refractivity contribution is 0.558. The number of nitrogens with zero attached hydrogens (tertiary/aromatic N) is 7. The van der Waals surface area contributed by atoms with Crippen LogP contribution in [0.5, 0.6) is 0 Å². The van der Waals surface area contributed by atoms with Gasteiger partial charge in [0.2, 0.25) is 0 Å². The largest absolute Gasteiger partial charge is 0.364 e. The van der Waals surface area contributed by atoms with Crippen molar-refractivity contribution in [1.29, 1.82) is 0 Å².